The van der Waals surface area contributed by atoms with E-state index >= 15 is 0 Å². The lowest BCUT2D eigenvalue weighted by Crippen LogP contribution is -2.44. The quantitative estimate of drug-likeness (QED) is 0.494. The molecule has 0 aromatic carbocycles. The average molecular weight is 198 g/mol. The molecule has 0 aliphatic carbocycles. The molecule has 0 aliphatic rings. The van der Waals surface area contributed by atoms with Crippen molar-refractivity contribution in [2.75, 3.05) is 0 Å². The minimum Gasteiger partial charge on any atom is -0.465 e. The van der Waals surface area contributed by atoms with E-state index in [1.54, 1.807) is 12.1 Å². The number of carbonyl (C=O) groups excluding carboxylic acids is 2. The molecule has 0 unspecified atom stereocenters. The number of primary amides is 2. The normalized spacial score (nSPS) is 9.79. The Balaban J connectivity index is 2.71. The Labute approximate surface area is 79.4 Å². The van der Waals surface area contributed by atoms with Crippen molar-refractivity contribution in [3.8, 4) is 0 Å². The monoisotopic (exact) mass is 198 g/mol. The summed E-state index contributed by atoms with van der Waals surface area (Å²) in [6.45, 7) is 0. The summed E-state index contributed by atoms with van der Waals surface area (Å²) in [5.74, 6) is 0.336. The van der Waals surface area contributed by atoms with Crippen LogP contribution >= 0.6 is 0 Å². The van der Waals surface area contributed by atoms with E-state index in [2.05, 4.69) is 10.6 Å². The smallest absolute Gasteiger partial charge is 0.314 e. The lowest BCUT2D eigenvalue weighted by molar-refractivity contribution is 0.231. The Morgan fingerprint density at radius 1 is 1.29 bits per heavy atom. The third-order valence-electron chi connectivity index (χ3n) is 1.40. The Morgan fingerprint density at radius 3 is 2.21 bits per heavy atom. The Bertz CT molecular complexity index is 306. The molecule has 1 heterocycles. The van der Waals surface area contributed by atoms with Gasteiger partial charge in [-0.05, 0) is 12.1 Å². The highest BCUT2D eigenvalue weighted by Crippen LogP contribution is 2.09. The zero-order chi connectivity index (χ0) is 10.6. The molecule has 0 atom stereocenters. The summed E-state index contributed by atoms with van der Waals surface area (Å²) in [6.07, 6.45) is 0.549. The van der Waals surface area contributed by atoms with E-state index in [4.69, 9.17) is 15.9 Å². The number of rotatable bonds is 3. The second-order valence-electron chi connectivity index (χ2n) is 2.47. The van der Waals surface area contributed by atoms with Crippen molar-refractivity contribution in [3.63, 3.8) is 0 Å². The van der Waals surface area contributed by atoms with Gasteiger partial charge in [-0.2, -0.15) is 0 Å². The first-order chi connectivity index (χ1) is 6.59. The summed E-state index contributed by atoms with van der Waals surface area (Å²) < 4.78 is 4.96. The van der Waals surface area contributed by atoms with Crippen molar-refractivity contribution in [3.05, 3.63) is 24.2 Å². The number of amides is 4. The van der Waals surface area contributed by atoms with Crippen LogP contribution in [0.4, 0.5) is 9.59 Å². The van der Waals surface area contributed by atoms with Gasteiger partial charge in [-0.1, -0.05) is 0 Å². The standard InChI is InChI=1S/C7H10N4O3/c8-6(12)10-5(11-7(9)13)4-2-1-3-14-4/h1-3,5H,(H3,8,10,12)(H3,9,11,13). The number of urea groups is 2. The average Bonchev–Trinajstić information content (AvgIpc) is 2.52. The van der Waals surface area contributed by atoms with Crippen LogP contribution in [0.5, 0.6) is 0 Å². The van der Waals surface area contributed by atoms with Gasteiger partial charge in [0.05, 0.1) is 6.26 Å². The van der Waals surface area contributed by atoms with Crippen LogP contribution in [0.25, 0.3) is 0 Å². The van der Waals surface area contributed by atoms with E-state index in [-0.39, 0.29) is 0 Å². The maximum Gasteiger partial charge on any atom is 0.314 e. The van der Waals surface area contributed by atoms with Crippen molar-refractivity contribution >= 4 is 12.1 Å². The van der Waals surface area contributed by atoms with Gasteiger partial charge in [0.2, 0.25) is 0 Å². The number of nitrogens with one attached hydrogen (secondary N) is 2. The molecular formula is C7H10N4O3. The first-order valence-corrected chi connectivity index (χ1v) is 3.75. The largest absolute Gasteiger partial charge is 0.465 e. The third-order valence-corrected chi connectivity index (χ3v) is 1.40. The molecule has 0 aliphatic heterocycles. The summed E-state index contributed by atoms with van der Waals surface area (Å²) >= 11 is 0. The molecule has 7 nitrogen and oxygen atoms in total. The molecular weight excluding hydrogens is 188 g/mol. The fourth-order valence-corrected chi connectivity index (χ4v) is 0.918. The van der Waals surface area contributed by atoms with Crippen molar-refractivity contribution in [2.24, 2.45) is 11.5 Å². The second-order valence-corrected chi connectivity index (χ2v) is 2.47. The van der Waals surface area contributed by atoms with Crippen molar-refractivity contribution in [2.45, 2.75) is 6.17 Å². The first kappa shape index (κ1) is 9.90. The highest BCUT2D eigenvalue weighted by molar-refractivity contribution is 5.75. The van der Waals surface area contributed by atoms with Crippen LogP contribution in [0.3, 0.4) is 0 Å². The Morgan fingerprint density at radius 2 is 1.86 bits per heavy atom. The van der Waals surface area contributed by atoms with Crippen molar-refractivity contribution in [1.29, 1.82) is 0 Å². The van der Waals surface area contributed by atoms with Crippen molar-refractivity contribution in [1.82, 2.24) is 10.6 Å². The molecule has 1 aromatic rings. The van der Waals surface area contributed by atoms with E-state index in [0.29, 0.717) is 5.76 Å². The van der Waals surface area contributed by atoms with Crippen LogP contribution in [0.2, 0.25) is 0 Å². The van der Waals surface area contributed by atoms with Crippen LogP contribution < -0.4 is 22.1 Å². The van der Waals surface area contributed by atoms with Gasteiger partial charge in [0.15, 0.2) is 6.17 Å². The molecule has 0 radical (unpaired) electrons. The maximum absolute atomic E-state index is 10.6. The summed E-state index contributed by atoms with van der Waals surface area (Å²) in [7, 11) is 0. The van der Waals surface area contributed by atoms with E-state index < -0.39 is 18.2 Å². The van der Waals surface area contributed by atoms with Gasteiger partial charge in [-0.15, -0.1) is 0 Å². The molecule has 14 heavy (non-hydrogen) atoms. The molecule has 76 valence electrons. The zero-order valence-corrected chi connectivity index (χ0v) is 7.19. The summed E-state index contributed by atoms with van der Waals surface area (Å²) in [4.78, 5) is 21.1. The van der Waals surface area contributed by atoms with Gasteiger partial charge < -0.3 is 26.5 Å². The highest BCUT2D eigenvalue weighted by Gasteiger charge is 2.16. The third kappa shape index (κ3) is 2.70. The second kappa shape index (κ2) is 4.17. The number of nitrogens with two attached hydrogens (primary N) is 2. The maximum atomic E-state index is 10.6. The van der Waals surface area contributed by atoms with Crippen LogP contribution in [0.1, 0.15) is 11.9 Å². The number of hydrogen-bond acceptors (Lipinski definition) is 3. The van der Waals surface area contributed by atoms with E-state index in [1.165, 1.54) is 6.26 Å². The van der Waals surface area contributed by atoms with Crippen LogP contribution in [0.15, 0.2) is 22.8 Å². The van der Waals surface area contributed by atoms with Gasteiger partial charge in [-0.25, -0.2) is 9.59 Å². The SMILES string of the molecule is NC(=O)NC(NC(N)=O)c1ccco1. The van der Waals surface area contributed by atoms with Crippen LogP contribution in [-0.2, 0) is 0 Å². The van der Waals surface area contributed by atoms with Gasteiger partial charge in [0, 0.05) is 0 Å². The molecule has 4 amide bonds. The minimum absolute atomic E-state index is 0.336. The molecule has 7 heteroatoms. The summed E-state index contributed by atoms with van der Waals surface area (Å²) in [5.41, 5.74) is 9.78. The molecule has 0 saturated heterocycles. The van der Waals surface area contributed by atoms with Gasteiger partial charge >= 0.3 is 12.1 Å². The van der Waals surface area contributed by atoms with Crippen LogP contribution in [0, 0.1) is 0 Å². The fraction of sp³-hybridized carbons (Fsp3) is 0.143. The number of hydrogen-bond donors (Lipinski definition) is 4. The van der Waals surface area contributed by atoms with E-state index in [1.807, 2.05) is 0 Å². The Hall–Kier alpha value is -2.18. The molecule has 1 rings (SSSR count). The number of carbonyl (C=O) groups is 2. The predicted molar refractivity (Wildman–Crippen MR) is 46.9 cm³/mol. The summed E-state index contributed by atoms with van der Waals surface area (Å²) in [5, 5.41) is 4.49. The topological polar surface area (TPSA) is 123 Å². The predicted octanol–water partition coefficient (Wildman–Crippen LogP) is -0.385. The molecule has 0 spiro atoms. The molecule has 0 bridgehead atoms. The minimum atomic E-state index is -0.847. The van der Waals surface area contributed by atoms with Gasteiger partial charge in [-0.3, -0.25) is 0 Å². The molecule has 1 aromatic heterocycles. The summed E-state index contributed by atoms with van der Waals surface area (Å²) in [6, 6.07) is 1.59. The lowest BCUT2D eigenvalue weighted by atomic mass is 10.3. The molecule has 0 fully saturated rings. The van der Waals surface area contributed by atoms with E-state index in [0.717, 1.165) is 0 Å². The van der Waals surface area contributed by atoms with Gasteiger partial charge in [0.1, 0.15) is 5.76 Å². The highest BCUT2D eigenvalue weighted by atomic mass is 16.3. The van der Waals surface area contributed by atoms with Gasteiger partial charge in [0.25, 0.3) is 0 Å². The fourth-order valence-electron chi connectivity index (χ4n) is 0.918. The zero-order valence-electron chi connectivity index (χ0n) is 7.19. The van der Waals surface area contributed by atoms with E-state index in [9.17, 15) is 9.59 Å². The Kier molecular flexibility index (Phi) is 2.95. The lowest BCUT2D eigenvalue weighted by Gasteiger charge is -2.14. The first-order valence-electron chi connectivity index (χ1n) is 3.75. The molecule has 6 N–H and O–H groups in total. The van der Waals surface area contributed by atoms with Crippen molar-refractivity contribution < 1.29 is 14.0 Å². The number of furan rings is 1. The van der Waals surface area contributed by atoms with Crippen LogP contribution in [-0.4, -0.2) is 12.1 Å². The molecule has 0 saturated carbocycles.